The Bertz CT molecular complexity index is 400. The van der Waals surface area contributed by atoms with Crippen LogP contribution < -0.4 is 11.1 Å². The molecule has 19 heavy (non-hydrogen) atoms. The first-order valence-corrected chi connectivity index (χ1v) is 6.52. The third-order valence-corrected chi connectivity index (χ3v) is 2.53. The first kappa shape index (κ1) is 15.8. The lowest BCUT2D eigenvalue weighted by Crippen LogP contribution is -2.35. The number of rotatable bonds is 7. The van der Waals surface area contributed by atoms with E-state index in [0.29, 0.717) is 29.5 Å². The maximum absolute atomic E-state index is 11.9. The second-order valence-electron chi connectivity index (χ2n) is 3.82. The summed E-state index contributed by atoms with van der Waals surface area (Å²) in [5.41, 5.74) is 6.50. The van der Waals surface area contributed by atoms with Gasteiger partial charge in [-0.3, -0.25) is 4.79 Å². The van der Waals surface area contributed by atoms with E-state index in [-0.39, 0.29) is 12.5 Å². The summed E-state index contributed by atoms with van der Waals surface area (Å²) in [6.45, 7) is 5.04. The highest BCUT2D eigenvalue weighted by Gasteiger charge is 2.12. The van der Waals surface area contributed by atoms with Crippen LogP contribution >= 0.6 is 11.6 Å². The molecular weight excluding hydrogens is 268 g/mol. The standard InChI is InChI=1S/C13H19ClN2O3/c1-3-18-12(19-4-2)8-16-13(17)9-5-10(14)7-11(15)6-9/h5-7,12H,3-4,8,15H2,1-2H3,(H,16,17). The number of nitrogen functional groups attached to an aromatic ring is 1. The highest BCUT2D eigenvalue weighted by Crippen LogP contribution is 2.16. The molecule has 3 N–H and O–H groups in total. The van der Waals surface area contributed by atoms with Gasteiger partial charge in [0.25, 0.3) is 5.91 Å². The van der Waals surface area contributed by atoms with Crippen molar-refractivity contribution in [1.82, 2.24) is 5.32 Å². The molecule has 0 aliphatic carbocycles. The van der Waals surface area contributed by atoms with Gasteiger partial charge >= 0.3 is 0 Å². The van der Waals surface area contributed by atoms with Crippen LogP contribution in [0.15, 0.2) is 18.2 Å². The summed E-state index contributed by atoms with van der Waals surface area (Å²) < 4.78 is 10.7. The van der Waals surface area contributed by atoms with Crippen LogP contribution in [0, 0.1) is 0 Å². The van der Waals surface area contributed by atoms with E-state index in [2.05, 4.69) is 5.32 Å². The van der Waals surface area contributed by atoms with Gasteiger partial charge in [-0.15, -0.1) is 0 Å². The fourth-order valence-electron chi connectivity index (χ4n) is 1.56. The molecule has 1 amide bonds. The lowest BCUT2D eigenvalue weighted by Gasteiger charge is -2.17. The normalized spacial score (nSPS) is 10.7. The molecule has 0 aliphatic rings. The van der Waals surface area contributed by atoms with Gasteiger partial charge in [0.2, 0.25) is 0 Å². The van der Waals surface area contributed by atoms with Crippen LogP contribution in [0.4, 0.5) is 5.69 Å². The number of amides is 1. The van der Waals surface area contributed by atoms with E-state index in [9.17, 15) is 4.79 Å². The number of benzene rings is 1. The molecule has 6 heteroatoms. The fourth-order valence-corrected chi connectivity index (χ4v) is 1.80. The van der Waals surface area contributed by atoms with Crippen LogP contribution in [0.1, 0.15) is 24.2 Å². The van der Waals surface area contributed by atoms with E-state index in [1.165, 1.54) is 0 Å². The molecule has 0 saturated carbocycles. The Morgan fingerprint density at radius 1 is 1.32 bits per heavy atom. The van der Waals surface area contributed by atoms with Crippen LogP contribution in [0.2, 0.25) is 5.02 Å². The van der Waals surface area contributed by atoms with Crippen molar-refractivity contribution in [2.75, 3.05) is 25.5 Å². The van der Waals surface area contributed by atoms with Crippen LogP contribution in [0.3, 0.4) is 0 Å². The van der Waals surface area contributed by atoms with Crippen LogP contribution in [0.5, 0.6) is 0 Å². The largest absolute Gasteiger partial charge is 0.399 e. The average molecular weight is 287 g/mol. The Hall–Kier alpha value is -1.30. The van der Waals surface area contributed by atoms with E-state index < -0.39 is 6.29 Å². The molecule has 0 fully saturated rings. The predicted octanol–water partition coefficient (Wildman–Crippen LogP) is 2.05. The number of carbonyl (C=O) groups is 1. The van der Waals surface area contributed by atoms with Gasteiger partial charge in [-0.25, -0.2) is 0 Å². The molecule has 0 radical (unpaired) electrons. The van der Waals surface area contributed by atoms with Gasteiger partial charge in [-0.05, 0) is 32.0 Å². The van der Waals surface area contributed by atoms with Gasteiger partial charge in [0.15, 0.2) is 6.29 Å². The monoisotopic (exact) mass is 286 g/mol. The summed E-state index contributed by atoms with van der Waals surface area (Å²) in [7, 11) is 0. The van der Waals surface area contributed by atoms with E-state index in [0.717, 1.165) is 0 Å². The second kappa shape index (κ2) is 7.99. The molecule has 0 atom stereocenters. The molecule has 0 unspecified atom stereocenters. The Balaban J connectivity index is 2.58. The average Bonchev–Trinajstić information content (AvgIpc) is 2.35. The third-order valence-electron chi connectivity index (χ3n) is 2.32. The van der Waals surface area contributed by atoms with Crippen LogP contribution in [-0.4, -0.2) is 32.0 Å². The summed E-state index contributed by atoms with van der Waals surface area (Å²) in [5, 5.41) is 3.15. The van der Waals surface area contributed by atoms with E-state index >= 15 is 0 Å². The van der Waals surface area contributed by atoms with Crippen molar-refractivity contribution in [3.8, 4) is 0 Å². The summed E-state index contributed by atoms with van der Waals surface area (Å²) in [5.74, 6) is -0.265. The van der Waals surface area contributed by atoms with Gasteiger partial charge in [0, 0.05) is 29.5 Å². The van der Waals surface area contributed by atoms with Gasteiger partial charge in [0.05, 0.1) is 6.54 Å². The van der Waals surface area contributed by atoms with E-state index in [4.69, 9.17) is 26.8 Å². The molecule has 1 aromatic rings. The minimum atomic E-state index is -0.449. The van der Waals surface area contributed by atoms with Gasteiger partial charge in [-0.1, -0.05) is 11.6 Å². The van der Waals surface area contributed by atoms with Crippen molar-refractivity contribution in [3.05, 3.63) is 28.8 Å². The molecule has 0 aromatic heterocycles. The zero-order chi connectivity index (χ0) is 14.3. The van der Waals surface area contributed by atoms with Crippen LogP contribution in [-0.2, 0) is 9.47 Å². The predicted molar refractivity (Wildman–Crippen MR) is 75.2 cm³/mol. The lowest BCUT2D eigenvalue weighted by atomic mass is 10.2. The van der Waals surface area contributed by atoms with E-state index in [1.807, 2.05) is 13.8 Å². The minimum Gasteiger partial charge on any atom is -0.399 e. The van der Waals surface area contributed by atoms with Gasteiger partial charge < -0.3 is 20.5 Å². The summed E-state index contributed by atoms with van der Waals surface area (Å²) >= 11 is 5.85. The molecular formula is C13H19ClN2O3. The summed E-state index contributed by atoms with van der Waals surface area (Å²) in [4.78, 5) is 11.9. The minimum absolute atomic E-state index is 0.265. The number of carbonyl (C=O) groups excluding carboxylic acids is 1. The van der Waals surface area contributed by atoms with Crippen molar-refractivity contribution in [1.29, 1.82) is 0 Å². The lowest BCUT2D eigenvalue weighted by molar-refractivity contribution is -0.131. The first-order chi connectivity index (χ1) is 9.06. The Morgan fingerprint density at radius 2 is 1.95 bits per heavy atom. The maximum Gasteiger partial charge on any atom is 0.251 e. The number of nitrogens with two attached hydrogens (primary N) is 1. The second-order valence-corrected chi connectivity index (χ2v) is 4.26. The first-order valence-electron chi connectivity index (χ1n) is 6.14. The number of ether oxygens (including phenoxy) is 2. The zero-order valence-electron chi connectivity index (χ0n) is 11.1. The molecule has 1 aromatic carbocycles. The number of halogens is 1. The van der Waals surface area contributed by atoms with E-state index in [1.54, 1.807) is 18.2 Å². The molecule has 0 saturated heterocycles. The number of anilines is 1. The quantitative estimate of drug-likeness (QED) is 0.594. The third kappa shape index (κ3) is 5.46. The molecule has 1 rings (SSSR count). The molecule has 106 valence electrons. The Kier molecular flexibility index (Phi) is 6.62. The van der Waals surface area contributed by atoms with Crippen molar-refractivity contribution in [2.24, 2.45) is 0 Å². The number of nitrogens with one attached hydrogen (secondary N) is 1. The molecule has 5 nitrogen and oxygen atoms in total. The highest BCUT2D eigenvalue weighted by atomic mass is 35.5. The highest BCUT2D eigenvalue weighted by molar-refractivity contribution is 6.31. The number of hydrogen-bond acceptors (Lipinski definition) is 4. The molecule has 0 aliphatic heterocycles. The molecule has 0 bridgehead atoms. The fraction of sp³-hybridized carbons (Fsp3) is 0.462. The Morgan fingerprint density at radius 3 is 2.47 bits per heavy atom. The molecule has 0 spiro atoms. The Labute approximate surface area is 118 Å². The van der Waals surface area contributed by atoms with Crippen molar-refractivity contribution in [3.63, 3.8) is 0 Å². The van der Waals surface area contributed by atoms with Crippen molar-refractivity contribution in [2.45, 2.75) is 20.1 Å². The number of hydrogen-bond donors (Lipinski definition) is 2. The van der Waals surface area contributed by atoms with Gasteiger partial charge in [0.1, 0.15) is 0 Å². The van der Waals surface area contributed by atoms with Crippen molar-refractivity contribution < 1.29 is 14.3 Å². The topological polar surface area (TPSA) is 73.6 Å². The summed E-state index contributed by atoms with van der Waals surface area (Å²) in [6.07, 6.45) is -0.449. The zero-order valence-corrected chi connectivity index (χ0v) is 11.9. The smallest absolute Gasteiger partial charge is 0.251 e. The van der Waals surface area contributed by atoms with Crippen LogP contribution in [0.25, 0.3) is 0 Å². The van der Waals surface area contributed by atoms with Crippen molar-refractivity contribution >= 4 is 23.2 Å². The SMILES string of the molecule is CCOC(CNC(=O)c1cc(N)cc(Cl)c1)OCC. The summed E-state index contributed by atoms with van der Waals surface area (Å²) in [6, 6.07) is 4.71. The maximum atomic E-state index is 11.9. The van der Waals surface area contributed by atoms with Gasteiger partial charge in [-0.2, -0.15) is 0 Å². The molecule has 0 heterocycles.